The zero-order valence-electron chi connectivity index (χ0n) is 12.5. The van der Waals surface area contributed by atoms with E-state index in [0.29, 0.717) is 0 Å². The molecular formula is C16H23F3N2. The van der Waals surface area contributed by atoms with Gasteiger partial charge in [-0.05, 0) is 12.5 Å². The van der Waals surface area contributed by atoms with Crippen molar-refractivity contribution in [3.05, 3.63) is 35.1 Å². The van der Waals surface area contributed by atoms with Gasteiger partial charge in [-0.3, -0.25) is 4.90 Å². The van der Waals surface area contributed by atoms with E-state index < -0.39 is 17.5 Å². The summed E-state index contributed by atoms with van der Waals surface area (Å²) in [5.74, 6) is -3.51. The number of hydrogen-bond acceptors (Lipinski definition) is 2. The summed E-state index contributed by atoms with van der Waals surface area (Å²) in [6, 6.07) is 2.25. The Morgan fingerprint density at radius 2 is 1.81 bits per heavy atom. The van der Waals surface area contributed by atoms with Crippen LogP contribution in [-0.4, -0.2) is 31.1 Å². The average molecular weight is 300 g/mol. The predicted octanol–water partition coefficient (Wildman–Crippen LogP) is 3.63. The fraction of sp³-hybridized carbons (Fsp3) is 0.625. The number of nitrogens with zero attached hydrogens (tertiary/aromatic N) is 1. The lowest BCUT2D eigenvalue weighted by Crippen LogP contribution is -2.45. The fourth-order valence-corrected chi connectivity index (χ4v) is 2.91. The predicted molar refractivity (Wildman–Crippen MR) is 77.6 cm³/mol. The van der Waals surface area contributed by atoms with Gasteiger partial charge < -0.3 is 5.32 Å². The normalized spacial score (nSPS) is 17.9. The summed E-state index contributed by atoms with van der Waals surface area (Å²) >= 11 is 0. The molecule has 0 aromatic heterocycles. The molecule has 0 unspecified atom stereocenters. The summed E-state index contributed by atoms with van der Waals surface area (Å²) < 4.78 is 40.8. The van der Waals surface area contributed by atoms with Gasteiger partial charge >= 0.3 is 0 Å². The van der Waals surface area contributed by atoms with Gasteiger partial charge in [0, 0.05) is 37.8 Å². The molecule has 0 bridgehead atoms. The second-order valence-electron chi connectivity index (χ2n) is 5.56. The third-order valence-corrected chi connectivity index (χ3v) is 4.10. The highest BCUT2D eigenvalue weighted by Gasteiger charge is 2.26. The van der Waals surface area contributed by atoms with Crippen molar-refractivity contribution in [3.8, 4) is 0 Å². The second kappa shape index (κ2) is 7.80. The van der Waals surface area contributed by atoms with Gasteiger partial charge in [0.25, 0.3) is 0 Å². The SMILES string of the molecule is CCCCC[C@H](c1ccc(F)c(F)c1F)N1CCNCC1. The fourth-order valence-electron chi connectivity index (χ4n) is 2.91. The number of nitrogens with one attached hydrogen (secondary N) is 1. The number of piperazine rings is 1. The first kappa shape index (κ1) is 16.3. The van der Waals surface area contributed by atoms with Gasteiger partial charge in [-0.15, -0.1) is 0 Å². The van der Waals surface area contributed by atoms with Crippen LogP contribution in [0.15, 0.2) is 12.1 Å². The van der Waals surface area contributed by atoms with Gasteiger partial charge in [0.2, 0.25) is 0 Å². The highest BCUT2D eigenvalue weighted by Crippen LogP contribution is 2.30. The second-order valence-corrected chi connectivity index (χ2v) is 5.56. The largest absolute Gasteiger partial charge is 0.314 e. The first-order valence-corrected chi connectivity index (χ1v) is 7.73. The number of benzene rings is 1. The number of rotatable bonds is 6. The van der Waals surface area contributed by atoms with Crippen LogP contribution in [0.1, 0.15) is 44.2 Å². The Bertz CT molecular complexity index is 459. The Balaban J connectivity index is 2.23. The molecule has 1 saturated heterocycles. The first-order chi connectivity index (χ1) is 10.1. The van der Waals surface area contributed by atoms with E-state index in [4.69, 9.17) is 0 Å². The molecular weight excluding hydrogens is 277 g/mol. The van der Waals surface area contributed by atoms with Gasteiger partial charge in [0.15, 0.2) is 17.5 Å². The minimum Gasteiger partial charge on any atom is -0.314 e. The summed E-state index contributed by atoms with van der Waals surface area (Å²) in [5, 5.41) is 3.25. The molecule has 0 saturated carbocycles. The maximum atomic E-state index is 14.1. The quantitative estimate of drug-likeness (QED) is 0.637. The Labute approximate surface area is 124 Å². The zero-order valence-corrected chi connectivity index (χ0v) is 12.5. The van der Waals surface area contributed by atoms with Crippen molar-refractivity contribution in [2.24, 2.45) is 0 Å². The van der Waals surface area contributed by atoms with Crippen LogP contribution >= 0.6 is 0 Å². The summed E-state index contributed by atoms with van der Waals surface area (Å²) in [6.45, 7) is 5.40. The number of unbranched alkanes of at least 4 members (excludes halogenated alkanes) is 2. The summed E-state index contributed by atoms with van der Waals surface area (Å²) in [4.78, 5) is 2.17. The molecule has 2 rings (SSSR count). The van der Waals surface area contributed by atoms with E-state index in [1.54, 1.807) is 0 Å². The summed E-state index contributed by atoms with van der Waals surface area (Å²) in [5.41, 5.74) is 0.284. The highest BCUT2D eigenvalue weighted by atomic mass is 19.2. The van der Waals surface area contributed by atoms with Crippen LogP contribution in [0.3, 0.4) is 0 Å². The van der Waals surface area contributed by atoms with Gasteiger partial charge in [-0.1, -0.05) is 32.3 Å². The molecule has 0 spiro atoms. The molecule has 1 aliphatic rings. The van der Waals surface area contributed by atoms with E-state index in [1.165, 1.54) is 6.07 Å². The third-order valence-electron chi connectivity index (χ3n) is 4.10. The molecule has 5 heteroatoms. The Morgan fingerprint density at radius 1 is 1.10 bits per heavy atom. The van der Waals surface area contributed by atoms with E-state index in [2.05, 4.69) is 17.1 Å². The van der Waals surface area contributed by atoms with Gasteiger partial charge in [0.1, 0.15) is 0 Å². The molecule has 1 aromatic carbocycles. The molecule has 1 heterocycles. The number of halogens is 3. The smallest absolute Gasteiger partial charge is 0.194 e. The van der Waals surface area contributed by atoms with Crippen LogP contribution in [-0.2, 0) is 0 Å². The molecule has 1 fully saturated rings. The summed E-state index contributed by atoms with van der Waals surface area (Å²) in [7, 11) is 0. The maximum absolute atomic E-state index is 14.1. The maximum Gasteiger partial charge on any atom is 0.194 e. The standard InChI is InChI=1S/C16H23F3N2/c1-2-3-4-5-14(21-10-8-20-9-11-21)12-6-7-13(17)16(19)15(12)18/h6-7,14,20H,2-5,8-11H2,1H3/t14-/m1/s1. The van der Waals surface area contributed by atoms with Crippen molar-refractivity contribution in [2.75, 3.05) is 26.2 Å². The lowest BCUT2D eigenvalue weighted by atomic mass is 9.97. The minimum absolute atomic E-state index is 0.172. The molecule has 1 aliphatic heterocycles. The molecule has 1 N–H and O–H groups in total. The molecule has 1 aromatic rings. The molecule has 0 amide bonds. The van der Waals surface area contributed by atoms with Crippen LogP contribution in [0.25, 0.3) is 0 Å². The molecule has 2 nitrogen and oxygen atoms in total. The van der Waals surface area contributed by atoms with Crippen LogP contribution in [0.4, 0.5) is 13.2 Å². The Morgan fingerprint density at radius 3 is 2.48 bits per heavy atom. The van der Waals surface area contributed by atoms with Crippen molar-refractivity contribution in [1.29, 1.82) is 0 Å². The Hall–Kier alpha value is -1.07. The van der Waals surface area contributed by atoms with E-state index in [9.17, 15) is 13.2 Å². The van der Waals surface area contributed by atoms with E-state index in [-0.39, 0.29) is 11.6 Å². The average Bonchev–Trinajstić information content (AvgIpc) is 2.51. The van der Waals surface area contributed by atoms with E-state index in [1.807, 2.05) is 0 Å². The Kier molecular flexibility index (Phi) is 6.06. The van der Waals surface area contributed by atoms with Crippen LogP contribution < -0.4 is 5.32 Å². The topological polar surface area (TPSA) is 15.3 Å². The van der Waals surface area contributed by atoms with Gasteiger partial charge in [-0.2, -0.15) is 0 Å². The molecule has 0 radical (unpaired) electrons. The van der Waals surface area contributed by atoms with E-state index >= 15 is 0 Å². The first-order valence-electron chi connectivity index (χ1n) is 7.73. The molecule has 21 heavy (non-hydrogen) atoms. The lowest BCUT2D eigenvalue weighted by Gasteiger charge is -2.35. The van der Waals surface area contributed by atoms with Crippen molar-refractivity contribution < 1.29 is 13.2 Å². The van der Waals surface area contributed by atoms with Crippen LogP contribution in [0, 0.1) is 17.5 Å². The van der Waals surface area contributed by atoms with Crippen LogP contribution in [0.5, 0.6) is 0 Å². The third kappa shape index (κ3) is 3.98. The van der Waals surface area contributed by atoms with E-state index in [0.717, 1.165) is 57.9 Å². The van der Waals surface area contributed by atoms with Crippen molar-refractivity contribution in [1.82, 2.24) is 10.2 Å². The molecule has 0 aliphatic carbocycles. The van der Waals surface area contributed by atoms with Crippen molar-refractivity contribution in [2.45, 2.75) is 38.6 Å². The number of hydrogen-bond donors (Lipinski definition) is 1. The van der Waals surface area contributed by atoms with Crippen molar-refractivity contribution >= 4 is 0 Å². The monoisotopic (exact) mass is 300 g/mol. The van der Waals surface area contributed by atoms with Crippen LogP contribution in [0.2, 0.25) is 0 Å². The summed E-state index contributed by atoms with van der Waals surface area (Å²) in [6.07, 6.45) is 3.88. The van der Waals surface area contributed by atoms with Gasteiger partial charge in [0.05, 0.1) is 0 Å². The van der Waals surface area contributed by atoms with Gasteiger partial charge in [-0.25, -0.2) is 13.2 Å². The highest BCUT2D eigenvalue weighted by molar-refractivity contribution is 5.24. The minimum atomic E-state index is -1.36. The molecule has 1 atom stereocenters. The molecule has 118 valence electrons. The van der Waals surface area contributed by atoms with Crippen molar-refractivity contribution in [3.63, 3.8) is 0 Å². The zero-order chi connectivity index (χ0) is 15.2. The lowest BCUT2D eigenvalue weighted by molar-refractivity contribution is 0.158.